The third-order valence-electron chi connectivity index (χ3n) is 3.69. The minimum absolute atomic E-state index is 0.0819. The third-order valence-corrected chi connectivity index (χ3v) is 4.04. The summed E-state index contributed by atoms with van der Waals surface area (Å²) in [5.41, 5.74) is 1.77. The van der Waals surface area contributed by atoms with Crippen LogP contribution in [-0.2, 0) is 13.0 Å². The maximum absolute atomic E-state index is 13.8. The third kappa shape index (κ3) is 4.83. The number of halogens is 2. The molecular weight excluding hydrogens is 285 g/mol. The Morgan fingerprint density at radius 3 is 2.43 bits per heavy atom. The molecule has 0 spiro atoms. The number of rotatable bonds is 6. The van der Waals surface area contributed by atoms with Crippen LogP contribution in [0.2, 0.25) is 5.02 Å². The van der Waals surface area contributed by atoms with Crippen LogP contribution in [0, 0.1) is 5.82 Å². The van der Waals surface area contributed by atoms with E-state index in [1.807, 2.05) is 6.07 Å². The fourth-order valence-corrected chi connectivity index (χ4v) is 2.45. The average Bonchev–Trinajstić information content (AvgIpc) is 2.46. The van der Waals surface area contributed by atoms with Gasteiger partial charge in [0.05, 0.1) is 0 Å². The molecule has 0 saturated carbocycles. The molecule has 0 aromatic heterocycles. The molecular formula is C18H21ClFN. The summed E-state index contributed by atoms with van der Waals surface area (Å²) >= 11 is 6.05. The van der Waals surface area contributed by atoms with E-state index in [1.54, 1.807) is 12.1 Å². The first kappa shape index (κ1) is 16.0. The van der Waals surface area contributed by atoms with Gasteiger partial charge in [-0.3, -0.25) is 0 Å². The largest absolute Gasteiger partial charge is 0.308 e. The van der Waals surface area contributed by atoms with Gasteiger partial charge in [0, 0.05) is 22.7 Å². The van der Waals surface area contributed by atoms with E-state index in [1.165, 1.54) is 11.6 Å². The van der Waals surface area contributed by atoms with Gasteiger partial charge in [0.25, 0.3) is 0 Å². The van der Waals surface area contributed by atoms with E-state index in [0.717, 1.165) is 12.8 Å². The Morgan fingerprint density at radius 2 is 1.76 bits per heavy atom. The van der Waals surface area contributed by atoms with Crippen LogP contribution in [0.5, 0.6) is 0 Å². The maximum Gasteiger partial charge on any atom is 0.129 e. The molecule has 2 aromatic rings. The first-order valence-corrected chi connectivity index (χ1v) is 7.57. The number of benzene rings is 2. The highest BCUT2D eigenvalue weighted by Gasteiger charge is 2.18. The molecule has 0 bridgehead atoms. The van der Waals surface area contributed by atoms with Crippen molar-refractivity contribution in [3.63, 3.8) is 0 Å². The Morgan fingerprint density at radius 1 is 1.05 bits per heavy atom. The monoisotopic (exact) mass is 305 g/mol. The summed E-state index contributed by atoms with van der Waals surface area (Å²) in [5.74, 6) is -0.256. The lowest BCUT2D eigenvalue weighted by Crippen LogP contribution is -2.39. The second-order valence-corrected chi connectivity index (χ2v) is 6.33. The Labute approximate surface area is 131 Å². The summed E-state index contributed by atoms with van der Waals surface area (Å²) in [5, 5.41) is 3.88. The number of hydrogen-bond acceptors (Lipinski definition) is 1. The molecule has 0 heterocycles. The van der Waals surface area contributed by atoms with Crippen LogP contribution in [0.3, 0.4) is 0 Å². The molecule has 0 fully saturated rings. The zero-order chi connectivity index (χ0) is 15.3. The quantitative estimate of drug-likeness (QED) is 0.793. The molecule has 0 saturated heterocycles. The Kier molecular flexibility index (Phi) is 5.38. The highest BCUT2D eigenvalue weighted by atomic mass is 35.5. The van der Waals surface area contributed by atoms with Crippen molar-refractivity contribution < 1.29 is 4.39 Å². The van der Waals surface area contributed by atoms with Crippen molar-refractivity contribution in [2.75, 3.05) is 0 Å². The van der Waals surface area contributed by atoms with Crippen LogP contribution in [0.1, 0.15) is 31.4 Å². The molecule has 1 N–H and O–H groups in total. The van der Waals surface area contributed by atoms with Gasteiger partial charge < -0.3 is 5.32 Å². The van der Waals surface area contributed by atoms with Crippen LogP contribution < -0.4 is 5.32 Å². The number of aryl methyl sites for hydroxylation is 1. The molecule has 0 aliphatic rings. The zero-order valence-corrected chi connectivity index (χ0v) is 13.3. The summed E-state index contributed by atoms with van der Waals surface area (Å²) in [6.07, 6.45) is 1.97. The fourth-order valence-electron chi connectivity index (χ4n) is 2.22. The summed E-state index contributed by atoms with van der Waals surface area (Å²) in [6.45, 7) is 4.70. The van der Waals surface area contributed by atoms with E-state index in [0.29, 0.717) is 17.1 Å². The topological polar surface area (TPSA) is 12.0 Å². The van der Waals surface area contributed by atoms with Crippen LogP contribution in [-0.4, -0.2) is 5.54 Å². The fraction of sp³-hybridized carbons (Fsp3) is 0.333. The molecule has 3 heteroatoms. The Balaban J connectivity index is 1.92. The number of hydrogen-bond donors (Lipinski definition) is 1. The molecule has 0 amide bonds. The van der Waals surface area contributed by atoms with Gasteiger partial charge in [0.2, 0.25) is 0 Å². The molecule has 1 nitrogen and oxygen atoms in total. The molecule has 0 aliphatic heterocycles. The lowest BCUT2D eigenvalue weighted by atomic mass is 9.95. The first-order chi connectivity index (χ1) is 9.98. The molecule has 0 aliphatic carbocycles. The van der Waals surface area contributed by atoms with Crippen molar-refractivity contribution in [3.8, 4) is 0 Å². The molecule has 2 rings (SSSR count). The molecule has 112 valence electrons. The standard InChI is InChI=1S/C18H21ClFN/c1-18(2,12-11-14-7-4-3-5-8-14)21-13-15-16(19)9-6-10-17(15)20/h3-10,21H,11-13H2,1-2H3. The van der Waals surface area contributed by atoms with E-state index >= 15 is 0 Å². The average molecular weight is 306 g/mol. The first-order valence-electron chi connectivity index (χ1n) is 7.20. The zero-order valence-electron chi connectivity index (χ0n) is 12.5. The van der Waals surface area contributed by atoms with E-state index in [-0.39, 0.29) is 11.4 Å². The van der Waals surface area contributed by atoms with E-state index in [2.05, 4.69) is 43.4 Å². The van der Waals surface area contributed by atoms with Crippen LogP contribution >= 0.6 is 11.6 Å². The summed E-state index contributed by atoms with van der Waals surface area (Å²) in [6, 6.07) is 15.2. The van der Waals surface area contributed by atoms with Gasteiger partial charge in [-0.05, 0) is 44.4 Å². The SMILES string of the molecule is CC(C)(CCc1ccccc1)NCc1c(F)cccc1Cl. The van der Waals surface area contributed by atoms with Gasteiger partial charge in [-0.15, -0.1) is 0 Å². The minimum Gasteiger partial charge on any atom is -0.308 e. The van der Waals surface area contributed by atoms with Crippen molar-refractivity contribution >= 4 is 11.6 Å². The molecule has 0 atom stereocenters. The number of nitrogens with one attached hydrogen (secondary N) is 1. The summed E-state index contributed by atoms with van der Waals surface area (Å²) in [4.78, 5) is 0. The predicted molar refractivity (Wildman–Crippen MR) is 87.1 cm³/mol. The van der Waals surface area contributed by atoms with Crippen LogP contribution in [0.15, 0.2) is 48.5 Å². The minimum atomic E-state index is -0.256. The van der Waals surface area contributed by atoms with E-state index in [4.69, 9.17) is 11.6 Å². The normalized spacial score (nSPS) is 11.6. The highest BCUT2D eigenvalue weighted by Crippen LogP contribution is 2.21. The molecule has 2 aromatic carbocycles. The Bertz CT molecular complexity index is 561. The van der Waals surface area contributed by atoms with E-state index in [9.17, 15) is 4.39 Å². The lowest BCUT2D eigenvalue weighted by Gasteiger charge is -2.27. The molecule has 0 unspecified atom stereocenters. The van der Waals surface area contributed by atoms with Gasteiger partial charge in [0.1, 0.15) is 5.82 Å². The lowest BCUT2D eigenvalue weighted by molar-refractivity contribution is 0.357. The second-order valence-electron chi connectivity index (χ2n) is 5.92. The summed E-state index contributed by atoms with van der Waals surface area (Å²) in [7, 11) is 0. The van der Waals surface area contributed by atoms with Crippen LogP contribution in [0.25, 0.3) is 0 Å². The van der Waals surface area contributed by atoms with Gasteiger partial charge in [0.15, 0.2) is 0 Å². The molecule has 0 radical (unpaired) electrons. The smallest absolute Gasteiger partial charge is 0.129 e. The van der Waals surface area contributed by atoms with E-state index < -0.39 is 0 Å². The van der Waals surface area contributed by atoms with Gasteiger partial charge in [-0.2, -0.15) is 0 Å². The van der Waals surface area contributed by atoms with Crippen LogP contribution in [0.4, 0.5) is 4.39 Å². The van der Waals surface area contributed by atoms with Crippen molar-refractivity contribution in [1.82, 2.24) is 5.32 Å². The predicted octanol–water partition coefficient (Wildman–Crippen LogP) is 4.98. The van der Waals surface area contributed by atoms with Crippen molar-refractivity contribution in [3.05, 3.63) is 70.5 Å². The maximum atomic E-state index is 13.8. The second kappa shape index (κ2) is 7.06. The van der Waals surface area contributed by atoms with Gasteiger partial charge in [-0.25, -0.2) is 4.39 Å². The van der Waals surface area contributed by atoms with Crippen molar-refractivity contribution in [2.24, 2.45) is 0 Å². The van der Waals surface area contributed by atoms with Crippen molar-refractivity contribution in [1.29, 1.82) is 0 Å². The highest BCUT2D eigenvalue weighted by molar-refractivity contribution is 6.31. The Hall–Kier alpha value is -1.38. The van der Waals surface area contributed by atoms with Gasteiger partial charge >= 0.3 is 0 Å². The molecule has 21 heavy (non-hydrogen) atoms. The summed E-state index contributed by atoms with van der Waals surface area (Å²) < 4.78 is 13.8. The van der Waals surface area contributed by atoms with Gasteiger partial charge in [-0.1, -0.05) is 48.0 Å². The van der Waals surface area contributed by atoms with Crippen molar-refractivity contribution in [2.45, 2.75) is 38.8 Å².